The van der Waals surface area contributed by atoms with Crippen LogP contribution >= 0.6 is 0 Å². The Hall–Kier alpha value is -2.17. The van der Waals surface area contributed by atoms with Crippen molar-refractivity contribution in [1.29, 1.82) is 0 Å². The van der Waals surface area contributed by atoms with Crippen LogP contribution in [0.1, 0.15) is 60.3 Å². The zero-order valence-electron chi connectivity index (χ0n) is 20.3. The summed E-state index contributed by atoms with van der Waals surface area (Å²) in [7, 11) is 1.87. The van der Waals surface area contributed by atoms with E-state index in [0.717, 1.165) is 36.8 Å². The molecule has 3 atom stereocenters. The highest BCUT2D eigenvalue weighted by Gasteiger charge is 2.34. The number of likely N-dealkylation sites (tertiary alicyclic amines) is 1. The Morgan fingerprint density at radius 3 is 2.66 bits per heavy atom. The van der Waals surface area contributed by atoms with E-state index < -0.39 is 0 Å². The number of hydrogen-bond acceptors (Lipinski definition) is 3. The minimum Gasteiger partial charge on any atom is -0.378 e. The van der Waals surface area contributed by atoms with Crippen molar-refractivity contribution in [3.63, 3.8) is 0 Å². The number of nitrogens with zero attached hydrogens (tertiary/aromatic N) is 3. The molecule has 1 aliphatic carbocycles. The number of ether oxygens (including phenoxy) is 1. The average molecular weight is 432 g/mol. The second kappa shape index (κ2) is 8.64. The molecule has 170 valence electrons. The van der Waals surface area contributed by atoms with Crippen LogP contribution in [0.15, 0.2) is 36.4 Å². The molecule has 0 amide bonds. The van der Waals surface area contributed by atoms with Crippen LogP contribution in [-0.2, 0) is 17.6 Å². The normalized spacial score (nSPS) is 23.9. The number of hydrogen-bond donors (Lipinski definition) is 0. The van der Waals surface area contributed by atoms with Gasteiger partial charge in [-0.2, -0.15) is 0 Å². The highest BCUT2D eigenvalue weighted by molar-refractivity contribution is 5.77. The molecule has 3 aromatic rings. The fraction of sp³-hybridized carbons (Fsp3) is 0.536. The van der Waals surface area contributed by atoms with E-state index in [-0.39, 0.29) is 6.10 Å². The fourth-order valence-electron chi connectivity index (χ4n) is 5.99. The van der Waals surface area contributed by atoms with Crippen molar-refractivity contribution < 1.29 is 4.74 Å². The van der Waals surface area contributed by atoms with Crippen molar-refractivity contribution in [3.05, 3.63) is 64.5 Å². The summed E-state index contributed by atoms with van der Waals surface area (Å²) < 4.78 is 8.49. The van der Waals surface area contributed by atoms with Gasteiger partial charge in [0.15, 0.2) is 0 Å². The Morgan fingerprint density at radius 2 is 1.88 bits per heavy atom. The first kappa shape index (κ1) is 21.7. The summed E-state index contributed by atoms with van der Waals surface area (Å²) in [6.45, 7) is 12.1. The van der Waals surface area contributed by atoms with Crippen LogP contribution in [0.25, 0.3) is 11.0 Å². The molecule has 2 aliphatic rings. The van der Waals surface area contributed by atoms with Crippen molar-refractivity contribution in [2.45, 2.75) is 65.0 Å². The second-order valence-electron chi connectivity index (χ2n) is 10.4. The predicted octanol–water partition coefficient (Wildman–Crippen LogP) is 5.45. The van der Waals surface area contributed by atoms with Gasteiger partial charge in [0.1, 0.15) is 5.82 Å². The molecule has 1 aromatic heterocycles. The molecule has 0 saturated carbocycles. The number of imidazole rings is 1. The van der Waals surface area contributed by atoms with E-state index in [1.54, 1.807) is 11.1 Å². The molecular formula is C28H37N3O. The van der Waals surface area contributed by atoms with Gasteiger partial charge < -0.3 is 14.2 Å². The molecule has 2 heterocycles. The Labute approximate surface area is 192 Å². The van der Waals surface area contributed by atoms with Gasteiger partial charge in [0.25, 0.3) is 0 Å². The third-order valence-corrected chi connectivity index (χ3v) is 7.69. The minimum absolute atomic E-state index is 0.192. The summed E-state index contributed by atoms with van der Waals surface area (Å²) in [6.07, 6.45) is 3.74. The molecule has 1 unspecified atom stereocenters. The topological polar surface area (TPSA) is 30.3 Å². The molecule has 1 aliphatic heterocycles. The maximum atomic E-state index is 6.06. The van der Waals surface area contributed by atoms with Crippen LogP contribution in [0.3, 0.4) is 0 Å². The number of rotatable bonds is 5. The lowest BCUT2D eigenvalue weighted by Gasteiger charge is -2.40. The van der Waals surface area contributed by atoms with Gasteiger partial charge in [0.05, 0.1) is 23.2 Å². The number of fused-ring (bicyclic) bond motifs is 2. The van der Waals surface area contributed by atoms with E-state index in [1.807, 2.05) is 7.11 Å². The molecule has 0 radical (unpaired) electrons. The van der Waals surface area contributed by atoms with Crippen molar-refractivity contribution in [2.24, 2.45) is 5.92 Å². The van der Waals surface area contributed by atoms with E-state index in [9.17, 15) is 0 Å². The van der Waals surface area contributed by atoms with E-state index in [4.69, 9.17) is 9.72 Å². The van der Waals surface area contributed by atoms with Crippen molar-refractivity contribution in [1.82, 2.24) is 14.5 Å². The molecule has 1 saturated heterocycles. The van der Waals surface area contributed by atoms with Gasteiger partial charge in [-0.3, -0.25) is 0 Å². The zero-order valence-corrected chi connectivity index (χ0v) is 20.3. The first-order valence-corrected chi connectivity index (χ1v) is 12.2. The van der Waals surface area contributed by atoms with Gasteiger partial charge in [-0.05, 0) is 79.3 Å². The minimum atomic E-state index is 0.192. The van der Waals surface area contributed by atoms with E-state index in [1.165, 1.54) is 36.0 Å². The van der Waals surface area contributed by atoms with Crippen LogP contribution in [0.5, 0.6) is 0 Å². The van der Waals surface area contributed by atoms with Crippen LogP contribution in [0.4, 0.5) is 0 Å². The molecule has 4 heteroatoms. The Bertz CT molecular complexity index is 1120. The monoisotopic (exact) mass is 431 g/mol. The fourth-order valence-corrected chi connectivity index (χ4v) is 5.99. The summed E-state index contributed by atoms with van der Waals surface area (Å²) in [4.78, 5) is 7.50. The molecule has 0 spiro atoms. The van der Waals surface area contributed by atoms with Gasteiger partial charge in [-0.1, -0.05) is 38.1 Å². The summed E-state index contributed by atoms with van der Waals surface area (Å²) in [5.74, 6) is 2.42. The molecule has 5 rings (SSSR count). The third-order valence-electron chi connectivity index (χ3n) is 7.69. The lowest BCUT2D eigenvalue weighted by atomic mass is 9.98. The molecule has 2 aromatic carbocycles. The number of aryl methyl sites for hydroxylation is 2. The lowest BCUT2D eigenvalue weighted by Crippen LogP contribution is -2.47. The van der Waals surface area contributed by atoms with Crippen molar-refractivity contribution >= 4 is 11.0 Å². The first-order chi connectivity index (χ1) is 15.4. The Balaban J connectivity index is 1.28. The van der Waals surface area contributed by atoms with Crippen LogP contribution in [-0.4, -0.2) is 47.3 Å². The Kier molecular flexibility index (Phi) is 5.85. The predicted molar refractivity (Wildman–Crippen MR) is 132 cm³/mol. The lowest BCUT2D eigenvalue weighted by molar-refractivity contribution is -0.00928. The molecular weight excluding hydrogens is 394 g/mol. The number of aromatic nitrogens is 2. The summed E-state index contributed by atoms with van der Waals surface area (Å²) in [6, 6.07) is 14.1. The van der Waals surface area contributed by atoms with Crippen molar-refractivity contribution in [2.75, 3.05) is 26.7 Å². The SMILES string of the molecule is CO[C@@H]1CN(CC2Cc3ccc(C(C)C)cc3C2)CC[C@H]1n1c(C)nc2cc(C)ccc21. The molecule has 4 nitrogen and oxygen atoms in total. The van der Waals surface area contributed by atoms with Crippen LogP contribution in [0, 0.1) is 19.8 Å². The molecule has 32 heavy (non-hydrogen) atoms. The standard InChI is InChI=1S/C28H37N3O/c1-18(2)22-7-8-23-13-21(14-24(23)15-22)16-30-11-10-27(28(17-30)32-5)31-20(4)29-25-12-19(3)6-9-26(25)31/h6-9,12,15,18,21,27-28H,10-11,13-14,16-17H2,1-5H3/t21?,27-,28-/m1/s1. The number of benzene rings is 2. The van der Waals surface area contributed by atoms with Crippen molar-refractivity contribution in [3.8, 4) is 0 Å². The first-order valence-electron chi connectivity index (χ1n) is 12.2. The summed E-state index contributed by atoms with van der Waals surface area (Å²) in [5, 5.41) is 0. The van der Waals surface area contributed by atoms with Gasteiger partial charge in [-0.25, -0.2) is 4.98 Å². The molecule has 0 bridgehead atoms. The number of piperidine rings is 1. The maximum absolute atomic E-state index is 6.06. The van der Waals surface area contributed by atoms with Gasteiger partial charge in [-0.15, -0.1) is 0 Å². The highest BCUT2D eigenvalue weighted by atomic mass is 16.5. The van der Waals surface area contributed by atoms with Gasteiger partial charge in [0.2, 0.25) is 0 Å². The van der Waals surface area contributed by atoms with Crippen LogP contribution in [0.2, 0.25) is 0 Å². The molecule has 1 fully saturated rings. The second-order valence-corrected chi connectivity index (χ2v) is 10.4. The van der Waals surface area contributed by atoms with Crippen LogP contribution < -0.4 is 0 Å². The quantitative estimate of drug-likeness (QED) is 0.538. The number of methoxy groups -OCH3 is 1. The summed E-state index contributed by atoms with van der Waals surface area (Å²) in [5.41, 5.74) is 8.22. The Morgan fingerprint density at radius 1 is 1.06 bits per heavy atom. The van der Waals surface area contributed by atoms with E-state index in [0.29, 0.717) is 12.0 Å². The third kappa shape index (κ3) is 3.99. The average Bonchev–Trinajstić information content (AvgIpc) is 3.31. The maximum Gasteiger partial charge on any atom is 0.107 e. The van der Waals surface area contributed by atoms with Gasteiger partial charge in [0, 0.05) is 26.7 Å². The van der Waals surface area contributed by atoms with E-state index >= 15 is 0 Å². The highest BCUT2D eigenvalue weighted by Crippen LogP contribution is 2.34. The molecule has 0 N–H and O–H groups in total. The smallest absolute Gasteiger partial charge is 0.107 e. The largest absolute Gasteiger partial charge is 0.378 e. The zero-order chi connectivity index (χ0) is 22.4. The van der Waals surface area contributed by atoms with Gasteiger partial charge >= 0.3 is 0 Å². The summed E-state index contributed by atoms with van der Waals surface area (Å²) >= 11 is 0. The van der Waals surface area contributed by atoms with E-state index in [2.05, 4.69) is 73.6 Å².